The summed E-state index contributed by atoms with van der Waals surface area (Å²) in [6, 6.07) is 7.76. The number of sulfone groups is 1. The molecule has 7 heteroatoms. The summed E-state index contributed by atoms with van der Waals surface area (Å²) in [7, 11) is -2.87. The minimum atomic E-state index is -2.87. The van der Waals surface area contributed by atoms with Gasteiger partial charge in [-0.3, -0.25) is 4.79 Å². The van der Waals surface area contributed by atoms with Crippen LogP contribution in [0.15, 0.2) is 29.2 Å². The fraction of sp³-hybridized carbons (Fsp3) is 0.500. The van der Waals surface area contributed by atoms with Crippen molar-refractivity contribution >= 4 is 45.0 Å². The molecule has 1 aliphatic rings. The van der Waals surface area contributed by atoms with Crippen molar-refractivity contribution in [1.82, 2.24) is 0 Å². The van der Waals surface area contributed by atoms with Gasteiger partial charge in [0.05, 0.1) is 17.3 Å². The zero-order chi connectivity index (χ0) is 15.3. The Morgan fingerprint density at radius 1 is 1.43 bits per heavy atom. The Kier molecular flexibility index (Phi) is 6.01. The van der Waals surface area contributed by atoms with Crippen molar-refractivity contribution in [2.24, 2.45) is 0 Å². The van der Waals surface area contributed by atoms with Crippen molar-refractivity contribution in [1.29, 1.82) is 0 Å². The van der Waals surface area contributed by atoms with E-state index in [0.29, 0.717) is 12.2 Å². The second-order valence-corrected chi connectivity index (χ2v) is 9.70. The second kappa shape index (κ2) is 7.56. The maximum Gasteiger partial charge on any atom is 0.234 e. The van der Waals surface area contributed by atoms with Gasteiger partial charge in [0.15, 0.2) is 9.84 Å². The topological polar surface area (TPSA) is 63.2 Å². The number of anilines is 1. The van der Waals surface area contributed by atoms with E-state index in [1.54, 1.807) is 11.8 Å². The largest absolute Gasteiger partial charge is 0.325 e. The number of benzene rings is 1. The first-order valence-corrected chi connectivity index (χ1v) is 10.7. The smallest absolute Gasteiger partial charge is 0.234 e. The van der Waals surface area contributed by atoms with Crippen LogP contribution in [0.1, 0.15) is 13.3 Å². The molecule has 21 heavy (non-hydrogen) atoms. The highest BCUT2D eigenvalue weighted by atomic mass is 32.2. The molecule has 116 valence electrons. The fourth-order valence-electron chi connectivity index (χ4n) is 2.11. The molecule has 0 bridgehead atoms. The Hall–Kier alpha value is -0.660. The van der Waals surface area contributed by atoms with Gasteiger partial charge < -0.3 is 5.32 Å². The number of hydrogen-bond acceptors (Lipinski definition) is 5. The predicted molar refractivity (Wildman–Crippen MR) is 91.0 cm³/mol. The highest BCUT2D eigenvalue weighted by Crippen LogP contribution is 2.25. The summed E-state index contributed by atoms with van der Waals surface area (Å²) >= 11 is 3.16. The predicted octanol–water partition coefficient (Wildman–Crippen LogP) is 2.66. The molecule has 1 amide bonds. The lowest BCUT2D eigenvalue weighted by Gasteiger charge is -2.09. The third-order valence-electron chi connectivity index (χ3n) is 3.07. The van der Waals surface area contributed by atoms with Crippen LogP contribution in [0, 0.1) is 0 Å². The average Bonchev–Trinajstić information content (AvgIpc) is 2.77. The molecule has 0 radical (unpaired) electrons. The van der Waals surface area contributed by atoms with Crippen LogP contribution in [-0.2, 0) is 14.6 Å². The fourth-order valence-corrected chi connectivity index (χ4v) is 6.27. The van der Waals surface area contributed by atoms with E-state index in [1.807, 2.05) is 24.3 Å². The van der Waals surface area contributed by atoms with E-state index in [0.717, 1.165) is 16.3 Å². The maximum absolute atomic E-state index is 11.9. The van der Waals surface area contributed by atoms with Crippen molar-refractivity contribution in [2.45, 2.75) is 23.5 Å². The number of hydrogen-bond donors (Lipinski definition) is 1. The van der Waals surface area contributed by atoms with Gasteiger partial charge in [-0.15, -0.1) is 23.5 Å². The average molecular weight is 346 g/mol. The van der Waals surface area contributed by atoms with Crippen LogP contribution in [0.25, 0.3) is 0 Å². The number of rotatable bonds is 6. The van der Waals surface area contributed by atoms with Gasteiger partial charge in [0.1, 0.15) is 0 Å². The molecule has 1 atom stereocenters. The third kappa shape index (κ3) is 5.56. The van der Waals surface area contributed by atoms with Crippen molar-refractivity contribution in [3.63, 3.8) is 0 Å². The summed E-state index contributed by atoms with van der Waals surface area (Å²) in [5, 5.41) is 2.92. The first-order chi connectivity index (χ1) is 9.98. The molecule has 0 spiro atoms. The quantitative estimate of drug-likeness (QED) is 0.803. The van der Waals surface area contributed by atoms with Crippen LogP contribution < -0.4 is 5.32 Å². The molecule has 1 unspecified atom stereocenters. The molecule has 1 heterocycles. The molecule has 1 saturated heterocycles. The molecular formula is C14H19NO3S3. The Morgan fingerprint density at radius 3 is 2.90 bits per heavy atom. The lowest BCUT2D eigenvalue weighted by atomic mass is 10.3. The standard InChI is InChI=1S/C14H19NO3S3/c1-2-19-12-5-3-4-11(8-12)15-14(16)9-20-13-6-7-21(17,18)10-13/h3-5,8,13H,2,6-7,9-10H2,1H3,(H,15,16). The molecule has 1 fully saturated rings. The van der Waals surface area contributed by atoms with E-state index in [-0.39, 0.29) is 22.7 Å². The Bertz CT molecular complexity index is 601. The van der Waals surface area contributed by atoms with Crippen LogP contribution in [-0.4, -0.2) is 42.6 Å². The monoisotopic (exact) mass is 345 g/mol. The Balaban J connectivity index is 1.80. The minimum absolute atomic E-state index is 0.0581. The maximum atomic E-state index is 11.9. The first-order valence-electron chi connectivity index (χ1n) is 6.83. The van der Waals surface area contributed by atoms with Crippen LogP contribution in [0.5, 0.6) is 0 Å². The van der Waals surface area contributed by atoms with Crippen molar-refractivity contribution in [3.05, 3.63) is 24.3 Å². The van der Waals surface area contributed by atoms with Crippen LogP contribution >= 0.6 is 23.5 Å². The summed E-state index contributed by atoms with van der Waals surface area (Å²) in [6.45, 7) is 2.09. The number of thioether (sulfide) groups is 2. The molecule has 0 aromatic heterocycles. The summed E-state index contributed by atoms with van der Waals surface area (Å²) < 4.78 is 22.7. The van der Waals surface area contributed by atoms with Gasteiger partial charge in [-0.05, 0) is 30.4 Å². The van der Waals surface area contributed by atoms with Crippen molar-refractivity contribution in [2.75, 3.05) is 28.3 Å². The SMILES string of the molecule is CCSc1cccc(NC(=O)CSC2CCS(=O)(=O)C2)c1. The minimum Gasteiger partial charge on any atom is -0.325 e. The normalized spacial score (nSPS) is 20.3. The van der Waals surface area contributed by atoms with Gasteiger partial charge >= 0.3 is 0 Å². The molecular weight excluding hydrogens is 326 g/mol. The van der Waals surface area contributed by atoms with E-state index < -0.39 is 9.84 Å². The highest BCUT2D eigenvalue weighted by Gasteiger charge is 2.28. The summed E-state index contributed by atoms with van der Waals surface area (Å²) in [6.07, 6.45) is 0.656. The molecule has 2 rings (SSSR count). The Morgan fingerprint density at radius 2 is 2.24 bits per heavy atom. The number of carbonyl (C=O) groups excluding carboxylic acids is 1. The van der Waals surface area contributed by atoms with Gasteiger partial charge in [0.25, 0.3) is 0 Å². The molecule has 1 aromatic carbocycles. The van der Waals surface area contributed by atoms with E-state index in [1.165, 1.54) is 11.8 Å². The lowest BCUT2D eigenvalue weighted by molar-refractivity contribution is -0.113. The van der Waals surface area contributed by atoms with Gasteiger partial charge in [-0.2, -0.15) is 0 Å². The summed E-state index contributed by atoms with van der Waals surface area (Å²) in [5.74, 6) is 1.66. The zero-order valence-electron chi connectivity index (χ0n) is 11.9. The highest BCUT2D eigenvalue weighted by molar-refractivity contribution is 8.02. The molecule has 0 aliphatic carbocycles. The Labute approximate surface area is 134 Å². The van der Waals surface area contributed by atoms with Crippen molar-refractivity contribution in [3.8, 4) is 0 Å². The summed E-state index contributed by atoms with van der Waals surface area (Å²) in [4.78, 5) is 13.0. The first kappa shape index (κ1) is 16.7. The van der Waals surface area contributed by atoms with Crippen LogP contribution in [0.2, 0.25) is 0 Å². The van der Waals surface area contributed by atoms with E-state index in [2.05, 4.69) is 12.2 Å². The van der Waals surface area contributed by atoms with Gasteiger partial charge in [0, 0.05) is 15.8 Å². The van der Waals surface area contributed by atoms with E-state index in [9.17, 15) is 13.2 Å². The molecule has 1 aliphatic heterocycles. The molecule has 1 N–H and O–H groups in total. The van der Waals surface area contributed by atoms with Crippen molar-refractivity contribution < 1.29 is 13.2 Å². The lowest BCUT2D eigenvalue weighted by Crippen LogP contribution is -2.17. The van der Waals surface area contributed by atoms with Gasteiger partial charge in [-0.1, -0.05) is 13.0 Å². The molecule has 4 nitrogen and oxygen atoms in total. The third-order valence-corrected chi connectivity index (χ3v) is 7.23. The molecule has 0 saturated carbocycles. The van der Waals surface area contributed by atoms with Crippen LogP contribution in [0.3, 0.4) is 0 Å². The van der Waals surface area contributed by atoms with E-state index in [4.69, 9.17) is 0 Å². The van der Waals surface area contributed by atoms with Gasteiger partial charge in [-0.25, -0.2) is 8.42 Å². The number of amides is 1. The zero-order valence-corrected chi connectivity index (χ0v) is 14.3. The van der Waals surface area contributed by atoms with Crippen LogP contribution in [0.4, 0.5) is 5.69 Å². The number of carbonyl (C=O) groups is 1. The molecule has 1 aromatic rings. The van der Waals surface area contributed by atoms with Gasteiger partial charge in [0.2, 0.25) is 5.91 Å². The second-order valence-electron chi connectivity index (χ2n) is 4.85. The van der Waals surface area contributed by atoms with E-state index >= 15 is 0 Å². The number of nitrogens with one attached hydrogen (secondary N) is 1. The summed E-state index contributed by atoms with van der Waals surface area (Å²) in [5.41, 5.74) is 0.790.